The lowest BCUT2D eigenvalue weighted by atomic mass is 9.71. The van der Waals surface area contributed by atoms with Crippen LogP contribution in [-0.4, -0.2) is 22.9 Å². The van der Waals surface area contributed by atoms with E-state index in [1.54, 1.807) is 0 Å². The molecule has 3 atom stereocenters. The second kappa shape index (κ2) is 13.5. The van der Waals surface area contributed by atoms with Gasteiger partial charge in [-0.1, -0.05) is 117 Å². The Balaban J connectivity index is 0.000000317. The Morgan fingerprint density at radius 2 is 1.74 bits per heavy atom. The molecule has 0 aromatic rings. The number of carbonyl (C=O) groups excluding carboxylic acids is 1. The maximum absolute atomic E-state index is 11.2. The van der Waals surface area contributed by atoms with E-state index in [1.807, 2.05) is 4.90 Å². The smallest absolute Gasteiger partial charge is 0.210 e. The zero-order valence-corrected chi connectivity index (χ0v) is 24.5. The third-order valence-corrected chi connectivity index (χ3v) is 7.24. The van der Waals surface area contributed by atoms with E-state index in [4.69, 9.17) is 5.26 Å². The molecule has 3 nitrogen and oxygen atoms in total. The molecule has 3 aliphatic rings. The van der Waals surface area contributed by atoms with E-state index >= 15 is 0 Å². The summed E-state index contributed by atoms with van der Waals surface area (Å²) in [5.41, 5.74) is 4.61. The molecular formula is C32H54N2O. The van der Waals surface area contributed by atoms with Crippen LogP contribution in [0.15, 0.2) is 35.5 Å². The summed E-state index contributed by atoms with van der Waals surface area (Å²) in [5.74, 6) is 0.103. The lowest BCUT2D eigenvalue weighted by Gasteiger charge is -2.34. The van der Waals surface area contributed by atoms with E-state index in [0.717, 1.165) is 44.9 Å². The molecule has 3 unspecified atom stereocenters. The number of nitrogens with zero attached hydrogens (tertiary/aromatic N) is 2. The largest absolute Gasteiger partial charge is 0.328 e. The van der Waals surface area contributed by atoms with Crippen LogP contribution in [0.25, 0.3) is 0 Å². The van der Waals surface area contributed by atoms with Crippen LogP contribution in [0.5, 0.6) is 0 Å². The van der Waals surface area contributed by atoms with Crippen LogP contribution in [0.4, 0.5) is 0 Å². The van der Waals surface area contributed by atoms with Crippen molar-refractivity contribution >= 4 is 6.41 Å². The summed E-state index contributed by atoms with van der Waals surface area (Å²) in [6.45, 7) is 24.0. The van der Waals surface area contributed by atoms with Crippen molar-refractivity contribution in [1.29, 1.82) is 5.26 Å². The van der Waals surface area contributed by atoms with Gasteiger partial charge in [-0.3, -0.25) is 4.79 Å². The van der Waals surface area contributed by atoms with Gasteiger partial charge in [0, 0.05) is 0 Å². The van der Waals surface area contributed by atoms with Crippen LogP contribution >= 0.6 is 0 Å². The molecule has 0 bridgehead atoms. The van der Waals surface area contributed by atoms with Gasteiger partial charge in [0.25, 0.3) is 0 Å². The van der Waals surface area contributed by atoms with Crippen LogP contribution in [0.2, 0.25) is 0 Å². The second-order valence-corrected chi connectivity index (χ2v) is 12.7. The molecule has 1 heterocycles. The molecule has 198 valence electrons. The summed E-state index contributed by atoms with van der Waals surface area (Å²) < 4.78 is 0. The summed E-state index contributed by atoms with van der Waals surface area (Å²) in [6, 6.07) is 2.89. The zero-order chi connectivity index (χ0) is 26.9. The van der Waals surface area contributed by atoms with Gasteiger partial charge in [-0.2, -0.15) is 5.26 Å². The molecule has 0 radical (unpaired) electrons. The standard InChI is InChI=1S/C15H25NO.C14H21N.C3H8/c1-5-6-7-13-15(16(13)11-17)9-12(2)8-14(3,4)10-15;1-5-6-12(10-15)13-7-11(2)8-14(3,4)9-13;1-3-2/h9,11,13H,5-8,10H2,1-4H3;7,12H,2,5-6,8-9H2,1,3-4H3;3H2,1-2H3. The highest BCUT2D eigenvalue weighted by Gasteiger charge is 2.62. The SMILES string of the molecule is C=C1C=C(C(C#N)CCC)CC(C)(C)C1.CCC.CCCCC1N(C=O)C12C=C(C)CC(C)(C)C2. The summed E-state index contributed by atoms with van der Waals surface area (Å²) in [5, 5.41) is 9.15. The maximum Gasteiger partial charge on any atom is 0.210 e. The average molecular weight is 483 g/mol. The molecule has 0 aromatic heterocycles. The van der Waals surface area contributed by atoms with Crippen LogP contribution in [0, 0.1) is 28.1 Å². The first-order valence-electron chi connectivity index (χ1n) is 14.0. The minimum absolute atomic E-state index is 0.0722. The molecule has 0 N–H and O–H groups in total. The number of carbonyl (C=O) groups is 1. The van der Waals surface area contributed by atoms with E-state index < -0.39 is 0 Å². The van der Waals surface area contributed by atoms with Gasteiger partial charge in [-0.15, -0.1) is 0 Å². The van der Waals surface area contributed by atoms with Gasteiger partial charge in [-0.05, 0) is 56.3 Å². The number of unbranched alkanes of at least 4 members (excludes halogenated alkanes) is 1. The van der Waals surface area contributed by atoms with Gasteiger partial charge >= 0.3 is 0 Å². The van der Waals surface area contributed by atoms with Crippen LogP contribution < -0.4 is 0 Å². The van der Waals surface area contributed by atoms with Crippen molar-refractivity contribution in [2.24, 2.45) is 16.7 Å². The van der Waals surface area contributed by atoms with Crippen LogP contribution in [0.1, 0.15) is 127 Å². The van der Waals surface area contributed by atoms with Crippen molar-refractivity contribution in [3.05, 3.63) is 35.5 Å². The first-order chi connectivity index (χ1) is 16.3. The Morgan fingerprint density at radius 1 is 1.11 bits per heavy atom. The van der Waals surface area contributed by atoms with Crippen molar-refractivity contribution in [3.8, 4) is 6.07 Å². The fourth-order valence-electron chi connectivity index (χ4n) is 6.32. The fraction of sp³-hybridized carbons (Fsp3) is 0.750. The highest BCUT2D eigenvalue weighted by atomic mass is 16.1. The molecule has 3 rings (SSSR count). The lowest BCUT2D eigenvalue weighted by molar-refractivity contribution is -0.114. The first kappa shape index (κ1) is 31.2. The topological polar surface area (TPSA) is 43.9 Å². The Labute approximate surface area is 217 Å². The number of amides is 1. The molecule has 1 saturated heterocycles. The summed E-state index contributed by atoms with van der Waals surface area (Å²) in [4.78, 5) is 13.3. The Morgan fingerprint density at radius 3 is 2.20 bits per heavy atom. The van der Waals surface area contributed by atoms with E-state index in [2.05, 4.69) is 87.1 Å². The Hall–Kier alpha value is -1.82. The molecular weight excluding hydrogens is 428 g/mol. The van der Waals surface area contributed by atoms with Crippen molar-refractivity contribution in [1.82, 2.24) is 4.90 Å². The summed E-state index contributed by atoms with van der Waals surface area (Å²) >= 11 is 0. The third-order valence-electron chi connectivity index (χ3n) is 7.24. The van der Waals surface area contributed by atoms with Crippen molar-refractivity contribution < 1.29 is 4.79 Å². The molecule has 1 aliphatic heterocycles. The number of hydrogen-bond donors (Lipinski definition) is 0. The molecule has 0 saturated carbocycles. The van der Waals surface area contributed by atoms with Crippen molar-refractivity contribution in [3.63, 3.8) is 0 Å². The average Bonchev–Trinajstić information content (AvgIpc) is 3.30. The van der Waals surface area contributed by atoms with Crippen LogP contribution in [0.3, 0.4) is 0 Å². The van der Waals surface area contributed by atoms with Gasteiger partial charge in [-0.25, -0.2) is 0 Å². The predicted octanol–water partition coefficient (Wildman–Crippen LogP) is 9.17. The molecule has 1 amide bonds. The van der Waals surface area contributed by atoms with E-state index in [0.29, 0.717) is 11.5 Å². The molecule has 1 spiro atoms. The lowest BCUT2D eigenvalue weighted by Crippen LogP contribution is -2.30. The minimum atomic E-state index is 0.0722. The number of rotatable bonds is 7. The van der Waals surface area contributed by atoms with Crippen LogP contribution in [-0.2, 0) is 4.79 Å². The number of allylic oxidation sites excluding steroid dienone is 4. The quantitative estimate of drug-likeness (QED) is 0.206. The zero-order valence-electron chi connectivity index (χ0n) is 24.5. The first-order valence-corrected chi connectivity index (χ1v) is 14.0. The second-order valence-electron chi connectivity index (χ2n) is 12.7. The van der Waals surface area contributed by atoms with Gasteiger partial charge < -0.3 is 4.90 Å². The number of nitriles is 1. The fourth-order valence-corrected chi connectivity index (χ4v) is 6.32. The molecule has 1 fully saturated rings. The highest BCUT2D eigenvalue weighted by Crippen LogP contribution is 2.55. The van der Waals surface area contributed by atoms with Crippen molar-refractivity contribution in [2.45, 2.75) is 138 Å². The summed E-state index contributed by atoms with van der Waals surface area (Å²) in [7, 11) is 0. The molecule has 0 aromatic carbocycles. The predicted molar refractivity (Wildman–Crippen MR) is 151 cm³/mol. The van der Waals surface area contributed by atoms with Gasteiger partial charge in [0.1, 0.15) is 0 Å². The maximum atomic E-state index is 11.2. The van der Waals surface area contributed by atoms with Gasteiger partial charge in [0.05, 0.1) is 23.6 Å². The summed E-state index contributed by atoms with van der Waals surface area (Å²) in [6.07, 6.45) is 16.9. The monoisotopic (exact) mass is 482 g/mol. The normalized spacial score (nSPS) is 26.7. The van der Waals surface area contributed by atoms with Gasteiger partial charge in [0.15, 0.2) is 0 Å². The highest BCUT2D eigenvalue weighted by molar-refractivity contribution is 5.60. The minimum Gasteiger partial charge on any atom is -0.328 e. The third kappa shape index (κ3) is 8.96. The van der Waals surface area contributed by atoms with Crippen molar-refractivity contribution in [2.75, 3.05) is 0 Å². The van der Waals surface area contributed by atoms with E-state index in [9.17, 15) is 4.79 Å². The van der Waals surface area contributed by atoms with E-state index in [-0.39, 0.29) is 16.9 Å². The number of hydrogen-bond acceptors (Lipinski definition) is 2. The Bertz CT molecular complexity index is 810. The molecule has 3 heteroatoms. The molecule has 35 heavy (non-hydrogen) atoms. The van der Waals surface area contributed by atoms with E-state index in [1.165, 1.54) is 42.4 Å². The molecule has 2 aliphatic carbocycles. The Kier molecular flexibility index (Phi) is 12.0. The van der Waals surface area contributed by atoms with Gasteiger partial charge in [0.2, 0.25) is 6.41 Å².